The van der Waals surface area contributed by atoms with Crippen LogP contribution in [0, 0.1) is 0 Å². The SMILES string of the molecule is Nc1ccnc(C(=O)NCc2ccc(Cl)s2)c1. The summed E-state index contributed by atoms with van der Waals surface area (Å²) >= 11 is 7.22. The number of rotatable bonds is 3. The summed E-state index contributed by atoms with van der Waals surface area (Å²) in [5.41, 5.74) is 6.40. The molecule has 0 radical (unpaired) electrons. The Bertz CT molecular complexity index is 541. The Morgan fingerprint density at radius 1 is 1.47 bits per heavy atom. The summed E-state index contributed by atoms with van der Waals surface area (Å²) < 4.78 is 0.705. The number of aromatic nitrogens is 1. The van der Waals surface area contributed by atoms with E-state index in [2.05, 4.69) is 10.3 Å². The van der Waals surface area contributed by atoms with Gasteiger partial charge >= 0.3 is 0 Å². The van der Waals surface area contributed by atoms with E-state index in [1.807, 2.05) is 6.07 Å². The van der Waals surface area contributed by atoms with Crippen LogP contribution in [-0.2, 0) is 6.54 Å². The zero-order valence-corrected chi connectivity index (χ0v) is 10.4. The molecule has 17 heavy (non-hydrogen) atoms. The summed E-state index contributed by atoms with van der Waals surface area (Å²) in [5, 5.41) is 2.75. The van der Waals surface area contributed by atoms with Crippen LogP contribution in [0.5, 0.6) is 0 Å². The van der Waals surface area contributed by atoms with Crippen LogP contribution in [-0.4, -0.2) is 10.9 Å². The van der Waals surface area contributed by atoms with E-state index in [9.17, 15) is 4.79 Å². The van der Waals surface area contributed by atoms with Crippen molar-refractivity contribution in [2.45, 2.75) is 6.54 Å². The van der Waals surface area contributed by atoms with Crippen LogP contribution < -0.4 is 11.1 Å². The second kappa shape index (κ2) is 5.16. The Balaban J connectivity index is 1.98. The van der Waals surface area contributed by atoms with Crippen LogP contribution in [0.15, 0.2) is 30.5 Å². The third-order valence-electron chi connectivity index (χ3n) is 2.07. The van der Waals surface area contributed by atoms with E-state index in [1.165, 1.54) is 23.6 Å². The van der Waals surface area contributed by atoms with Crippen molar-refractivity contribution in [2.24, 2.45) is 0 Å². The second-order valence-corrected chi connectivity index (χ2v) is 5.16. The Kier molecular flexibility index (Phi) is 3.61. The highest BCUT2D eigenvalue weighted by Crippen LogP contribution is 2.21. The molecule has 0 aliphatic heterocycles. The third-order valence-corrected chi connectivity index (χ3v) is 3.30. The van der Waals surface area contributed by atoms with Gasteiger partial charge in [0.05, 0.1) is 10.9 Å². The molecule has 4 nitrogen and oxygen atoms in total. The third kappa shape index (κ3) is 3.18. The number of thiophene rings is 1. The lowest BCUT2D eigenvalue weighted by Gasteiger charge is -2.03. The normalized spacial score (nSPS) is 10.2. The van der Waals surface area contributed by atoms with Crippen LogP contribution in [0.25, 0.3) is 0 Å². The maximum atomic E-state index is 11.7. The zero-order chi connectivity index (χ0) is 12.3. The number of nitrogen functional groups attached to an aromatic ring is 1. The Labute approximate surface area is 107 Å². The highest BCUT2D eigenvalue weighted by molar-refractivity contribution is 7.16. The second-order valence-electron chi connectivity index (χ2n) is 3.36. The highest BCUT2D eigenvalue weighted by Gasteiger charge is 2.07. The molecule has 0 saturated carbocycles. The van der Waals surface area contributed by atoms with Gasteiger partial charge in [-0.2, -0.15) is 0 Å². The van der Waals surface area contributed by atoms with Gasteiger partial charge in [0.2, 0.25) is 0 Å². The first-order valence-electron chi connectivity index (χ1n) is 4.89. The minimum absolute atomic E-state index is 0.248. The van der Waals surface area contributed by atoms with Crippen molar-refractivity contribution in [2.75, 3.05) is 5.73 Å². The summed E-state index contributed by atoms with van der Waals surface area (Å²) in [6, 6.07) is 6.85. The van der Waals surface area contributed by atoms with Gasteiger partial charge in [-0.3, -0.25) is 9.78 Å². The minimum Gasteiger partial charge on any atom is -0.399 e. The summed E-state index contributed by atoms with van der Waals surface area (Å²) in [6.07, 6.45) is 1.51. The Morgan fingerprint density at radius 3 is 2.94 bits per heavy atom. The lowest BCUT2D eigenvalue weighted by atomic mass is 10.3. The topological polar surface area (TPSA) is 68.0 Å². The molecule has 0 aliphatic carbocycles. The van der Waals surface area contributed by atoms with E-state index in [0.717, 1.165) is 4.88 Å². The lowest BCUT2D eigenvalue weighted by molar-refractivity contribution is 0.0946. The monoisotopic (exact) mass is 267 g/mol. The fourth-order valence-corrected chi connectivity index (χ4v) is 2.30. The Morgan fingerprint density at radius 2 is 2.29 bits per heavy atom. The quantitative estimate of drug-likeness (QED) is 0.897. The van der Waals surface area contributed by atoms with Crippen LogP contribution >= 0.6 is 22.9 Å². The maximum absolute atomic E-state index is 11.7. The van der Waals surface area contributed by atoms with E-state index in [0.29, 0.717) is 22.3 Å². The van der Waals surface area contributed by atoms with Crippen molar-refractivity contribution < 1.29 is 4.79 Å². The molecule has 0 atom stereocenters. The van der Waals surface area contributed by atoms with Gasteiger partial charge in [-0.15, -0.1) is 11.3 Å². The molecule has 1 amide bonds. The van der Waals surface area contributed by atoms with Gasteiger partial charge in [0.25, 0.3) is 5.91 Å². The van der Waals surface area contributed by atoms with Gasteiger partial charge in [-0.1, -0.05) is 11.6 Å². The molecule has 0 saturated heterocycles. The van der Waals surface area contributed by atoms with Crippen LogP contribution in [0.4, 0.5) is 5.69 Å². The molecule has 0 aliphatic rings. The zero-order valence-electron chi connectivity index (χ0n) is 8.81. The number of carbonyl (C=O) groups excluding carboxylic acids is 1. The average molecular weight is 268 g/mol. The fraction of sp³-hybridized carbons (Fsp3) is 0.0909. The first-order chi connectivity index (χ1) is 8.15. The average Bonchev–Trinajstić information content (AvgIpc) is 2.72. The molecule has 0 aromatic carbocycles. The highest BCUT2D eigenvalue weighted by atomic mass is 35.5. The molecule has 88 valence electrons. The largest absolute Gasteiger partial charge is 0.399 e. The molecule has 0 spiro atoms. The predicted octanol–water partition coefficient (Wildman–Crippen LogP) is 2.31. The number of nitrogens with two attached hydrogens (primary N) is 1. The molecule has 2 aromatic heterocycles. The summed E-state index contributed by atoms with van der Waals surface area (Å²) in [4.78, 5) is 16.7. The van der Waals surface area contributed by atoms with Crippen LogP contribution in [0.1, 0.15) is 15.4 Å². The number of nitrogens with zero attached hydrogens (tertiary/aromatic N) is 1. The number of pyridine rings is 1. The van der Waals surface area contributed by atoms with Gasteiger partial charge < -0.3 is 11.1 Å². The first-order valence-corrected chi connectivity index (χ1v) is 6.08. The van der Waals surface area contributed by atoms with E-state index in [4.69, 9.17) is 17.3 Å². The van der Waals surface area contributed by atoms with Crippen molar-refractivity contribution >= 4 is 34.5 Å². The fourth-order valence-electron chi connectivity index (χ4n) is 1.28. The van der Waals surface area contributed by atoms with Crippen molar-refractivity contribution in [3.8, 4) is 0 Å². The summed E-state index contributed by atoms with van der Waals surface area (Å²) in [7, 11) is 0. The first kappa shape index (κ1) is 11.9. The van der Waals surface area contributed by atoms with E-state index < -0.39 is 0 Å². The minimum atomic E-state index is -0.248. The van der Waals surface area contributed by atoms with Crippen molar-refractivity contribution in [3.05, 3.63) is 45.4 Å². The molecule has 2 aromatic rings. The molecule has 2 heterocycles. The predicted molar refractivity (Wildman–Crippen MR) is 69.1 cm³/mol. The van der Waals surface area contributed by atoms with Gasteiger partial charge in [-0.25, -0.2) is 0 Å². The number of hydrogen-bond acceptors (Lipinski definition) is 4. The molecular formula is C11H10ClN3OS. The smallest absolute Gasteiger partial charge is 0.270 e. The lowest BCUT2D eigenvalue weighted by Crippen LogP contribution is -2.23. The molecule has 0 bridgehead atoms. The Hall–Kier alpha value is -1.59. The standard InChI is InChI=1S/C11H10ClN3OS/c12-10-2-1-8(17-10)6-15-11(16)9-5-7(13)3-4-14-9/h1-5H,6H2,(H2,13,14)(H,15,16). The molecule has 0 unspecified atom stereocenters. The molecule has 6 heteroatoms. The maximum Gasteiger partial charge on any atom is 0.270 e. The van der Waals surface area contributed by atoms with Gasteiger partial charge in [0.1, 0.15) is 5.69 Å². The van der Waals surface area contributed by atoms with Crippen LogP contribution in [0.2, 0.25) is 4.34 Å². The molecule has 0 fully saturated rings. The van der Waals surface area contributed by atoms with Gasteiger partial charge in [-0.05, 0) is 24.3 Å². The number of carbonyl (C=O) groups is 1. The number of halogens is 1. The molecule has 3 N–H and O–H groups in total. The summed E-state index contributed by atoms with van der Waals surface area (Å²) in [5.74, 6) is -0.248. The van der Waals surface area contributed by atoms with Gasteiger partial charge in [0, 0.05) is 16.8 Å². The van der Waals surface area contributed by atoms with E-state index >= 15 is 0 Å². The number of nitrogens with one attached hydrogen (secondary N) is 1. The van der Waals surface area contributed by atoms with E-state index in [1.54, 1.807) is 12.1 Å². The molecule has 2 rings (SSSR count). The van der Waals surface area contributed by atoms with Crippen molar-refractivity contribution in [1.82, 2.24) is 10.3 Å². The number of hydrogen-bond donors (Lipinski definition) is 2. The molecular weight excluding hydrogens is 258 g/mol. The van der Waals surface area contributed by atoms with Crippen molar-refractivity contribution in [1.29, 1.82) is 0 Å². The number of amides is 1. The van der Waals surface area contributed by atoms with Crippen LogP contribution in [0.3, 0.4) is 0 Å². The van der Waals surface area contributed by atoms with Gasteiger partial charge in [0.15, 0.2) is 0 Å². The summed E-state index contributed by atoms with van der Waals surface area (Å²) in [6.45, 7) is 0.437. The number of anilines is 1. The van der Waals surface area contributed by atoms with E-state index in [-0.39, 0.29) is 5.91 Å². The van der Waals surface area contributed by atoms with Crippen molar-refractivity contribution in [3.63, 3.8) is 0 Å².